The van der Waals surface area contributed by atoms with E-state index in [-0.39, 0.29) is 22.2 Å². The van der Waals surface area contributed by atoms with Crippen LogP contribution < -0.4 is 0 Å². The van der Waals surface area contributed by atoms with Crippen molar-refractivity contribution in [3.8, 4) is 0 Å². The summed E-state index contributed by atoms with van der Waals surface area (Å²) in [6, 6.07) is 21.9. The molecule has 7 rings (SSSR count). The quantitative estimate of drug-likeness (QED) is 0.367. The molecule has 4 aliphatic rings. The fourth-order valence-electron chi connectivity index (χ4n) is 8.57. The van der Waals surface area contributed by atoms with Gasteiger partial charge in [0, 0.05) is 13.1 Å². The second-order valence-corrected chi connectivity index (χ2v) is 12.2. The molecule has 4 heterocycles. The zero-order chi connectivity index (χ0) is 25.1. The fraction of sp³-hybridized carbons (Fsp3) is 0.353. The van der Waals surface area contributed by atoms with Gasteiger partial charge in [0.2, 0.25) is 0 Å². The van der Waals surface area contributed by atoms with E-state index in [0.717, 1.165) is 13.1 Å². The van der Waals surface area contributed by atoms with Gasteiger partial charge >= 0.3 is 0 Å². The lowest BCUT2D eigenvalue weighted by Gasteiger charge is -2.38. The lowest BCUT2D eigenvalue weighted by atomic mass is 9.70. The molecule has 4 atom stereocenters. The smallest absolute Gasteiger partial charge is 0.0637 e. The van der Waals surface area contributed by atoms with Crippen molar-refractivity contribution < 1.29 is 0 Å². The second-order valence-electron chi connectivity index (χ2n) is 12.2. The molecule has 3 aromatic rings. The van der Waals surface area contributed by atoms with E-state index in [2.05, 4.69) is 136 Å². The molecule has 0 radical (unpaired) electrons. The van der Waals surface area contributed by atoms with E-state index in [0.29, 0.717) is 0 Å². The second kappa shape index (κ2) is 6.88. The van der Waals surface area contributed by atoms with Gasteiger partial charge in [-0.3, -0.25) is 9.80 Å². The molecule has 0 N–H and O–H groups in total. The van der Waals surface area contributed by atoms with Gasteiger partial charge in [0.05, 0.1) is 22.2 Å². The Bertz CT molecular complexity index is 1290. The van der Waals surface area contributed by atoms with Gasteiger partial charge in [-0.05, 0) is 86.1 Å². The van der Waals surface area contributed by atoms with Crippen LogP contribution in [-0.2, 0) is 35.2 Å². The highest BCUT2D eigenvalue weighted by Crippen LogP contribution is 2.65. The van der Waals surface area contributed by atoms with E-state index in [1.807, 2.05) is 0 Å². The van der Waals surface area contributed by atoms with Crippen molar-refractivity contribution in [2.24, 2.45) is 0 Å². The van der Waals surface area contributed by atoms with Gasteiger partial charge in [0.25, 0.3) is 0 Å². The molecule has 0 aromatic heterocycles. The molecule has 0 saturated heterocycles. The monoisotopic (exact) mass is 472 g/mol. The number of benzene rings is 3. The summed E-state index contributed by atoms with van der Waals surface area (Å²) >= 11 is 0. The Morgan fingerprint density at radius 3 is 1.03 bits per heavy atom. The highest BCUT2D eigenvalue weighted by atomic mass is 15.3. The van der Waals surface area contributed by atoms with Crippen molar-refractivity contribution >= 4 is 0 Å². The van der Waals surface area contributed by atoms with Crippen molar-refractivity contribution in [1.29, 1.82) is 0 Å². The average Bonchev–Trinajstić information content (AvgIpc) is 3.42. The third-order valence-corrected chi connectivity index (χ3v) is 10.1. The SMILES string of the molecule is Cc1c2c(c(C)c3c1[C@@]1(C)C=C[C@]3(C)N1Cc1ccccc1)[C@@]1(C)C=C[C@]2(C)N1Cc1ccccc1. The number of fused-ring (bicyclic) bond motifs is 10. The molecule has 0 amide bonds. The first-order valence-corrected chi connectivity index (χ1v) is 13.4. The summed E-state index contributed by atoms with van der Waals surface area (Å²) in [6.07, 6.45) is 9.91. The Hall–Kier alpha value is -2.94. The minimum atomic E-state index is -0.100. The van der Waals surface area contributed by atoms with Crippen LogP contribution in [0.1, 0.15) is 72.2 Å². The first kappa shape index (κ1) is 22.3. The van der Waals surface area contributed by atoms with Gasteiger partial charge in [-0.2, -0.15) is 0 Å². The van der Waals surface area contributed by atoms with Crippen LogP contribution in [-0.4, -0.2) is 9.80 Å². The third-order valence-electron chi connectivity index (χ3n) is 10.1. The summed E-state index contributed by atoms with van der Waals surface area (Å²) in [4.78, 5) is 5.47. The highest BCUT2D eigenvalue weighted by molar-refractivity contribution is 5.70. The van der Waals surface area contributed by atoms with Crippen molar-refractivity contribution in [1.82, 2.24) is 9.80 Å². The van der Waals surface area contributed by atoms with E-state index >= 15 is 0 Å². The summed E-state index contributed by atoms with van der Waals surface area (Å²) < 4.78 is 0. The van der Waals surface area contributed by atoms with Gasteiger partial charge in [-0.15, -0.1) is 0 Å². The largest absolute Gasteiger partial charge is 0.273 e. The maximum absolute atomic E-state index is 2.73. The number of rotatable bonds is 4. The highest BCUT2D eigenvalue weighted by Gasteiger charge is 2.63. The van der Waals surface area contributed by atoms with Gasteiger partial charge in [-0.25, -0.2) is 0 Å². The lowest BCUT2D eigenvalue weighted by molar-refractivity contribution is 0.0857. The molecule has 0 saturated carbocycles. The molecule has 4 aliphatic heterocycles. The van der Waals surface area contributed by atoms with Crippen molar-refractivity contribution in [2.45, 2.75) is 76.8 Å². The molecule has 0 fully saturated rings. The minimum Gasteiger partial charge on any atom is -0.273 e. The Morgan fingerprint density at radius 2 is 0.750 bits per heavy atom. The molecule has 4 bridgehead atoms. The summed E-state index contributed by atoms with van der Waals surface area (Å²) in [5.41, 5.74) is 11.5. The maximum atomic E-state index is 2.73. The van der Waals surface area contributed by atoms with Crippen LogP contribution in [0.15, 0.2) is 85.0 Å². The predicted molar refractivity (Wildman–Crippen MR) is 148 cm³/mol. The Morgan fingerprint density at radius 1 is 0.472 bits per heavy atom. The standard InChI is InChI=1S/C34H36N2/c1-23-27-29(33(5)19-17-31(27,3)35(33)21-25-13-9-7-10-14-25)24(2)30-28(23)32(4)18-20-34(30,6)36(32)22-26-15-11-8-12-16-26/h7-20H,21-22H2,1-6H3/t31-,32+,33+,34-. The molecule has 36 heavy (non-hydrogen) atoms. The van der Waals surface area contributed by atoms with Crippen molar-refractivity contribution in [3.05, 3.63) is 129 Å². The van der Waals surface area contributed by atoms with Crippen LogP contribution >= 0.6 is 0 Å². The van der Waals surface area contributed by atoms with Crippen LogP contribution in [0.2, 0.25) is 0 Å². The Balaban J connectivity index is 1.41. The summed E-state index contributed by atoms with van der Waals surface area (Å²) in [5, 5.41) is 0. The molecule has 2 nitrogen and oxygen atoms in total. The number of hydrogen-bond donors (Lipinski definition) is 0. The number of nitrogens with zero attached hydrogens (tertiary/aromatic N) is 2. The van der Waals surface area contributed by atoms with E-state index in [1.165, 1.54) is 22.3 Å². The summed E-state index contributed by atoms with van der Waals surface area (Å²) in [6.45, 7) is 16.5. The molecular formula is C34H36N2. The topological polar surface area (TPSA) is 6.48 Å². The molecule has 2 heteroatoms. The first-order valence-electron chi connectivity index (χ1n) is 13.4. The summed E-state index contributed by atoms with van der Waals surface area (Å²) in [5.74, 6) is 0. The van der Waals surface area contributed by atoms with Crippen molar-refractivity contribution in [2.75, 3.05) is 0 Å². The predicted octanol–water partition coefficient (Wildman–Crippen LogP) is 7.34. The maximum Gasteiger partial charge on any atom is 0.0637 e. The molecule has 3 aromatic carbocycles. The summed E-state index contributed by atoms with van der Waals surface area (Å²) in [7, 11) is 0. The fourth-order valence-corrected chi connectivity index (χ4v) is 8.57. The van der Waals surface area contributed by atoms with Crippen LogP contribution in [0.4, 0.5) is 0 Å². The first-order chi connectivity index (χ1) is 17.1. The number of hydrogen-bond acceptors (Lipinski definition) is 2. The Kier molecular flexibility index (Phi) is 4.26. The van der Waals surface area contributed by atoms with Crippen LogP contribution in [0.25, 0.3) is 0 Å². The Labute approximate surface area is 216 Å². The van der Waals surface area contributed by atoms with Gasteiger partial charge in [0.1, 0.15) is 0 Å². The van der Waals surface area contributed by atoms with Gasteiger partial charge < -0.3 is 0 Å². The van der Waals surface area contributed by atoms with E-state index < -0.39 is 0 Å². The van der Waals surface area contributed by atoms with Gasteiger partial charge in [0.15, 0.2) is 0 Å². The van der Waals surface area contributed by atoms with E-state index in [1.54, 1.807) is 22.3 Å². The van der Waals surface area contributed by atoms with Crippen LogP contribution in [0, 0.1) is 13.8 Å². The average molecular weight is 473 g/mol. The van der Waals surface area contributed by atoms with Crippen molar-refractivity contribution in [3.63, 3.8) is 0 Å². The third kappa shape index (κ3) is 2.45. The van der Waals surface area contributed by atoms with E-state index in [4.69, 9.17) is 0 Å². The lowest BCUT2D eigenvalue weighted by Crippen LogP contribution is -2.42. The zero-order valence-electron chi connectivity index (χ0n) is 22.4. The molecule has 0 aliphatic carbocycles. The molecule has 0 spiro atoms. The van der Waals surface area contributed by atoms with Crippen LogP contribution in [0.5, 0.6) is 0 Å². The van der Waals surface area contributed by atoms with Crippen LogP contribution in [0.3, 0.4) is 0 Å². The normalized spacial score (nSPS) is 33.5. The molecular weight excluding hydrogens is 436 g/mol. The van der Waals surface area contributed by atoms with E-state index in [9.17, 15) is 0 Å². The molecule has 182 valence electrons. The van der Waals surface area contributed by atoms with Gasteiger partial charge in [-0.1, -0.05) is 85.0 Å². The molecule has 0 unspecified atom stereocenters. The zero-order valence-corrected chi connectivity index (χ0v) is 22.4. The minimum absolute atomic E-state index is 0.100.